The molecule has 0 spiro atoms. The van der Waals surface area contributed by atoms with Crippen LogP contribution in [-0.2, 0) is 12.0 Å². The molecule has 0 amide bonds. The number of hydrogen-bond donors (Lipinski definition) is 1. The predicted octanol–water partition coefficient (Wildman–Crippen LogP) is 2.72. The number of anilines is 1. The number of nitriles is 1. The fourth-order valence-corrected chi connectivity index (χ4v) is 2.00. The molecule has 0 bridgehead atoms. The smallest absolute Gasteiger partial charge is 0.176 e. The number of aromatic nitrogens is 4. The zero-order chi connectivity index (χ0) is 15.5. The summed E-state index contributed by atoms with van der Waals surface area (Å²) < 4.78 is 0.797. The van der Waals surface area contributed by atoms with Gasteiger partial charge in [0.15, 0.2) is 5.82 Å². The van der Waals surface area contributed by atoms with E-state index in [4.69, 9.17) is 5.26 Å². The molecule has 21 heavy (non-hydrogen) atoms. The molecule has 1 heterocycles. The van der Waals surface area contributed by atoms with Gasteiger partial charge < -0.3 is 5.32 Å². The first kappa shape index (κ1) is 15.4. The van der Waals surface area contributed by atoms with Crippen molar-refractivity contribution < 1.29 is 0 Å². The molecule has 6 nitrogen and oxygen atoms in total. The van der Waals surface area contributed by atoms with Gasteiger partial charge in [0, 0.05) is 23.1 Å². The van der Waals surface area contributed by atoms with Crippen LogP contribution >= 0.6 is 15.9 Å². The largest absolute Gasteiger partial charge is 0.385 e. The van der Waals surface area contributed by atoms with Crippen LogP contribution in [0.25, 0.3) is 0 Å². The van der Waals surface area contributed by atoms with Crippen molar-refractivity contribution >= 4 is 21.6 Å². The molecule has 1 aromatic heterocycles. The molecular weight excluding hydrogens is 332 g/mol. The Morgan fingerprint density at radius 3 is 2.76 bits per heavy atom. The number of halogens is 1. The summed E-state index contributed by atoms with van der Waals surface area (Å²) in [4.78, 5) is 1.62. The first-order chi connectivity index (χ1) is 9.90. The van der Waals surface area contributed by atoms with E-state index in [0.29, 0.717) is 24.4 Å². The van der Waals surface area contributed by atoms with Gasteiger partial charge in [-0.1, -0.05) is 0 Å². The van der Waals surface area contributed by atoms with E-state index in [-0.39, 0.29) is 5.54 Å². The molecule has 0 radical (unpaired) electrons. The van der Waals surface area contributed by atoms with Crippen LogP contribution in [0.15, 0.2) is 22.7 Å². The predicted molar refractivity (Wildman–Crippen MR) is 83.9 cm³/mol. The lowest BCUT2D eigenvalue weighted by Gasteiger charge is -2.15. The summed E-state index contributed by atoms with van der Waals surface area (Å²) in [6.07, 6.45) is 0.675. The summed E-state index contributed by atoms with van der Waals surface area (Å²) in [6, 6.07) is 7.73. The molecule has 0 aliphatic carbocycles. The molecule has 1 N–H and O–H groups in total. The standard InChI is InChI=1S/C14H17BrN6/c1-14(2,3)21-19-13(18-20-21)6-7-17-11-4-5-12(15)10(8-11)9-16/h4-5,8,17H,6-7H2,1-3H3. The third-order valence-electron chi connectivity index (χ3n) is 2.82. The molecule has 0 fully saturated rings. The van der Waals surface area contributed by atoms with Gasteiger partial charge in [-0.2, -0.15) is 10.1 Å². The Morgan fingerprint density at radius 1 is 1.38 bits per heavy atom. The van der Waals surface area contributed by atoms with Gasteiger partial charge in [0.25, 0.3) is 0 Å². The summed E-state index contributed by atoms with van der Waals surface area (Å²) in [5, 5.41) is 24.7. The monoisotopic (exact) mass is 348 g/mol. The first-order valence-corrected chi connectivity index (χ1v) is 7.42. The molecule has 110 valence electrons. The van der Waals surface area contributed by atoms with Crippen LogP contribution in [0, 0.1) is 11.3 Å². The van der Waals surface area contributed by atoms with E-state index in [1.54, 1.807) is 4.80 Å². The average molecular weight is 349 g/mol. The molecule has 0 aliphatic heterocycles. The number of nitrogens with one attached hydrogen (secondary N) is 1. The lowest BCUT2D eigenvalue weighted by Crippen LogP contribution is -2.24. The van der Waals surface area contributed by atoms with Gasteiger partial charge >= 0.3 is 0 Å². The molecular formula is C14H17BrN6. The lowest BCUT2D eigenvalue weighted by molar-refractivity contribution is 0.305. The van der Waals surface area contributed by atoms with Crippen LogP contribution in [0.4, 0.5) is 5.69 Å². The minimum absolute atomic E-state index is 0.161. The fourth-order valence-electron chi connectivity index (χ4n) is 1.67. The van der Waals surface area contributed by atoms with E-state index >= 15 is 0 Å². The second-order valence-corrected chi connectivity index (χ2v) is 6.50. The Balaban J connectivity index is 1.93. The Morgan fingerprint density at radius 2 is 2.14 bits per heavy atom. The van der Waals surface area contributed by atoms with Crippen molar-refractivity contribution in [2.75, 3.05) is 11.9 Å². The summed E-state index contributed by atoms with van der Waals surface area (Å²) in [5.74, 6) is 0.704. The second-order valence-electron chi connectivity index (χ2n) is 5.65. The van der Waals surface area contributed by atoms with E-state index in [1.807, 2.05) is 39.0 Å². The number of tetrazole rings is 1. The van der Waals surface area contributed by atoms with Crippen LogP contribution in [-0.4, -0.2) is 26.8 Å². The Labute approximate surface area is 132 Å². The molecule has 2 rings (SSSR count). The van der Waals surface area contributed by atoms with Gasteiger partial charge in [-0.05, 0) is 60.1 Å². The van der Waals surface area contributed by atoms with E-state index in [1.165, 1.54) is 0 Å². The molecule has 7 heteroatoms. The van der Waals surface area contributed by atoms with Crippen LogP contribution < -0.4 is 5.32 Å². The zero-order valence-electron chi connectivity index (χ0n) is 12.3. The van der Waals surface area contributed by atoms with E-state index in [0.717, 1.165) is 10.2 Å². The summed E-state index contributed by atoms with van der Waals surface area (Å²) in [6.45, 7) is 6.77. The van der Waals surface area contributed by atoms with Gasteiger partial charge in [0.2, 0.25) is 0 Å². The number of hydrogen-bond acceptors (Lipinski definition) is 5. The van der Waals surface area contributed by atoms with Crippen molar-refractivity contribution in [3.63, 3.8) is 0 Å². The average Bonchev–Trinajstić information content (AvgIpc) is 2.89. The minimum Gasteiger partial charge on any atom is -0.385 e. The molecule has 0 atom stereocenters. The fraction of sp³-hybridized carbons (Fsp3) is 0.429. The molecule has 0 saturated heterocycles. The first-order valence-electron chi connectivity index (χ1n) is 6.63. The van der Waals surface area contributed by atoms with Crippen LogP contribution in [0.1, 0.15) is 32.2 Å². The third-order valence-corrected chi connectivity index (χ3v) is 3.51. The molecule has 1 aromatic carbocycles. The Kier molecular flexibility index (Phi) is 4.58. The van der Waals surface area contributed by atoms with Crippen molar-refractivity contribution in [1.82, 2.24) is 20.2 Å². The Bertz CT molecular complexity index is 665. The van der Waals surface area contributed by atoms with Crippen molar-refractivity contribution in [3.05, 3.63) is 34.1 Å². The molecule has 2 aromatic rings. The van der Waals surface area contributed by atoms with Gasteiger partial charge in [-0.3, -0.25) is 0 Å². The maximum absolute atomic E-state index is 8.99. The summed E-state index contributed by atoms with van der Waals surface area (Å²) in [5.41, 5.74) is 1.35. The molecule has 0 unspecified atom stereocenters. The number of nitrogens with zero attached hydrogens (tertiary/aromatic N) is 5. The number of benzene rings is 1. The highest BCUT2D eigenvalue weighted by Crippen LogP contribution is 2.20. The minimum atomic E-state index is -0.161. The van der Waals surface area contributed by atoms with Gasteiger partial charge in [0.05, 0.1) is 11.1 Å². The normalized spacial score (nSPS) is 11.2. The van der Waals surface area contributed by atoms with Crippen molar-refractivity contribution in [2.24, 2.45) is 0 Å². The highest BCUT2D eigenvalue weighted by molar-refractivity contribution is 9.10. The molecule has 0 saturated carbocycles. The van der Waals surface area contributed by atoms with Gasteiger partial charge in [-0.25, -0.2) is 0 Å². The maximum Gasteiger partial charge on any atom is 0.176 e. The van der Waals surface area contributed by atoms with Crippen molar-refractivity contribution in [3.8, 4) is 6.07 Å². The number of rotatable bonds is 4. The summed E-state index contributed by atoms with van der Waals surface area (Å²) in [7, 11) is 0. The van der Waals surface area contributed by atoms with Gasteiger partial charge in [0.1, 0.15) is 6.07 Å². The topological polar surface area (TPSA) is 79.4 Å². The third kappa shape index (κ3) is 4.02. The van der Waals surface area contributed by atoms with E-state index in [9.17, 15) is 0 Å². The maximum atomic E-state index is 8.99. The highest BCUT2D eigenvalue weighted by Gasteiger charge is 2.16. The lowest BCUT2D eigenvalue weighted by atomic mass is 10.1. The van der Waals surface area contributed by atoms with Gasteiger partial charge in [-0.15, -0.1) is 10.2 Å². The SMILES string of the molecule is CC(C)(C)n1nnc(CCNc2ccc(Br)c(C#N)c2)n1. The summed E-state index contributed by atoms with van der Waals surface area (Å²) >= 11 is 3.34. The van der Waals surface area contributed by atoms with Crippen molar-refractivity contribution in [2.45, 2.75) is 32.7 Å². The highest BCUT2D eigenvalue weighted by atomic mass is 79.9. The van der Waals surface area contributed by atoms with E-state index in [2.05, 4.69) is 42.7 Å². The Hall–Kier alpha value is -1.94. The molecule has 0 aliphatic rings. The quantitative estimate of drug-likeness (QED) is 0.918. The van der Waals surface area contributed by atoms with Crippen LogP contribution in [0.3, 0.4) is 0 Å². The van der Waals surface area contributed by atoms with Crippen molar-refractivity contribution in [1.29, 1.82) is 5.26 Å². The second kappa shape index (κ2) is 6.22. The zero-order valence-corrected chi connectivity index (χ0v) is 13.8. The van der Waals surface area contributed by atoms with Crippen LogP contribution in [0.5, 0.6) is 0 Å². The van der Waals surface area contributed by atoms with E-state index < -0.39 is 0 Å². The van der Waals surface area contributed by atoms with Crippen LogP contribution in [0.2, 0.25) is 0 Å².